The average molecular weight is 299 g/mol. The fraction of sp³-hybridized carbons (Fsp3) is 0. The van der Waals surface area contributed by atoms with Crippen LogP contribution in [0.25, 0.3) is 0 Å². The van der Waals surface area contributed by atoms with Crippen LogP contribution in [0.1, 0.15) is 0 Å². The molecule has 5 nitrogen and oxygen atoms in total. The molecule has 0 saturated heterocycles. The molecule has 0 unspecified atom stereocenters. The molecule has 0 amide bonds. The van der Waals surface area contributed by atoms with Crippen molar-refractivity contribution in [2.45, 2.75) is 4.90 Å². The lowest BCUT2D eigenvalue weighted by Gasteiger charge is -2.12. The van der Waals surface area contributed by atoms with Crippen molar-refractivity contribution in [2.75, 3.05) is 11.1 Å². The lowest BCUT2D eigenvalue weighted by Crippen LogP contribution is -2.15. The van der Waals surface area contributed by atoms with Crippen molar-refractivity contribution < 1.29 is 17.2 Å². The van der Waals surface area contributed by atoms with E-state index in [-0.39, 0.29) is 22.0 Å². The number of benzene rings is 2. The van der Waals surface area contributed by atoms with Gasteiger partial charge >= 0.3 is 0 Å². The summed E-state index contributed by atoms with van der Waals surface area (Å²) in [6.07, 6.45) is 0. The SMILES string of the molecule is Nc1c(Nc2cccc(F)c2F)cccc1S(N)(=O)=O. The van der Waals surface area contributed by atoms with Gasteiger partial charge in [0.2, 0.25) is 10.0 Å². The summed E-state index contributed by atoms with van der Waals surface area (Å²) in [6.45, 7) is 0. The predicted octanol–water partition coefficient (Wildman–Crippen LogP) is 1.94. The van der Waals surface area contributed by atoms with Crippen molar-refractivity contribution in [3.63, 3.8) is 0 Å². The number of nitrogen functional groups attached to an aromatic ring is 1. The van der Waals surface area contributed by atoms with Crippen molar-refractivity contribution in [1.82, 2.24) is 0 Å². The Morgan fingerprint density at radius 1 is 1.00 bits per heavy atom. The first-order valence-corrected chi connectivity index (χ1v) is 6.97. The summed E-state index contributed by atoms with van der Waals surface area (Å²) in [4.78, 5) is -0.292. The Morgan fingerprint density at radius 2 is 1.60 bits per heavy atom. The Labute approximate surface area is 114 Å². The molecule has 0 saturated carbocycles. The lowest BCUT2D eigenvalue weighted by atomic mass is 10.2. The highest BCUT2D eigenvalue weighted by Gasteiger charge is 2.16. The number of hydrogen-bond donors (Lipinski definition) is 3. The minimum atomic E-state index is -4.00. The van der Waals surface area contributed by atoms with Crippen LogP contribution in [-0.4, -0.2) is 8.42 Å². The molecule has 0 atom stereocenters. The first-order valence-electron chi connectivity index (χ1n) is 5.43. The first kappa shape index (κ1) is 14.2. The van der Waals surface area contributed by atoms with Gasteiger partial charge in [0.1, 0.15) is 4.90 Å². The highest BCUT2D eigenvalue weighted by Crippen LogP contribution is 2.29. The van der Waals surface area contributed by atoms with Crippen LogP contribution in [0.4, 0.5) is 25.8 Å². The summed E-state index contributed by atoms with van der Waals surface area (Å²) in [5, 5.41) is 7.54. The molecule has 2 aromatic rings. The maximum Gasteiger partial charge on any atom is 0.240 e. The second-order valence-electron chi connectivity index (χ2n) is 3.99. The van der Waals surface area contributed by atoms with Crippen LogP contribution in [0.3, 0.4) is 0 Å². The molecular weight excluding hydrogens is 288 g/mol. The number of para-hydroxylation sites is 1. The molecule has 106 valence electrons. The summed E-state index contributed by atoms with van der Waals surface area (Å²) < 4.78 is 49.3. The van der Waals surface area contributed by atoms with Crippen molar-refractivity contribution >= 4 is 27.1 Å². The number of anilines is 3. The van der Waals surface area contributed by atoms with Crippen LogP contribution in [0, 0.1) is 11.6 Å². The van der Waals surface area contributed by atoms with E-state index in [1.807, 2.05) is 0 Å². The second-order valence-corrected chi connectivity index (χ2v) is 5.52. The molecule has 0 aliphatic heterocycles. The smallest absolute Gasteiger partial charge is 0.240 e. The van der Waals surface area contributed by atoms with Gasteiger partial charge in [-0.15, -0.1) is 0 Å². The Morgan fingerprint density at radius 3 is 2.25 bits per heavy atom. The van der Waals surface area contributed by atoms with E-state index in [1.165, 1.54) is 30.3 Å². The summed E-state index contributed by atoms with van der Waals surface area (Å²) in [5.74, 6) is -2.12. The normalized spacial score (nSPS) is 11.3. The van der Waals surface area contributed by atoms with E-state index in [0.717, 1.165) is 6.07 Å². The van der Waals surface area contributed by atoms with Crippen LogP contribution < -0.4 is 16.2 Å². The first-order chi connectivity index (χ1) is 9.30. The summed E-state index contributed by atoms with van der Waals surface area (Å²) in [6, 6.07) is 7.59. The van der Waals surface area contributed by atoms with Crippen LogP contribution in [-0.2, 0) is 10.0 Å². The van der Waals surface area contributed by atoms with Crippen molar-refractivity contribution in [2.24, 2.45) is 5.14 Å². The van der Waals surface area contributed by atoms with E-state index in [0.29, 0.717) is 0 Å². The molecule has 0 aliphatic carbocycles. The van der Waals surface area contributed by atoms with Gasteiger partial charge in [0, 0.05) is 0 Å². The third kappa shape index (κ3) is 2.70. The van der Waals surface area contributed by atoms with E-state index in [4.69, 9.17) is 10.9 Å². The van der Waals surface area contributed by atoms with E-state index in [1.54, 1.807) is 0 Å². The summed E-state index contributed by atoms with van der Waals surface area (Å²) in [5.41, 5.74) is 5.45. The zero-order valence-corrected chi connectivity index (χ0v) is 10.9. The van der Waals surface area contributed by atoms with Gasteiger partial charge in [0.15, 0.2) is 11.6 Å². The molecular formula is C12H11F2N3O2S. The van der Waals surface area contributed by atoms with Gasteiger partial charge in [-0.05, 0) is 24.3 Å². The number of hydrogen-bond acceptors (Lipinski definition) is 4. The highest BCUT2D eigenvalue weighted by molar-refractivity contribution is 7.89. The molecule has 0 aromatic heterocycles. The van der Waals surface area contributed by atoms with Crippen LogP contribution in [0.15, 0.2) is 41.3 Å². The molecule has 8 heteroatoms. The summed E-state index contributed by atoms with van der Waals surface area (Å²) >= 11 is 0. The van der Waals surface area contributed by atoms with E-state index in [9.17, 15) is 17.2 Å². The molecule has 2 rings (SSSR count). The van der Waals surface area contributed by atoms with Gasteiger partial charge in [0.25, 0.3) is 0 Å². The quantitative estimate of drug-likeness (QED) is 0.754. The van der Waals surface area contributed by atoms with Crippen molar-refractivity contribution in [1.29, 1.82) is 0 Å². The van der Waals surface area contributed by atoms with Gasteiger partial charge in [-0.3, -0.25) is 0 Å². The molecule has 0 aliphatic rings. The predicted molar refractivity (Wildman–Crippen MR) is 71.9 cm³/mol. The zero-order chi connectivity index (χ0) is 14.9. The Balaban J connectivity index is 2.48. The number of sulfonamides is 1. The maximum absolute atomic E-state index is 13.5. The topological polar surface area (TPSA) is 98.2 Å². The molecule has 2 aromatic carbocycles. The van der Waals surface area contributed by atoms with E-state index >= 15 is 0 Å². The van der Waals surface area contributed by atoms with Crippen molar-refractivity contribution in [3.05, 3.63) is 48.0 Å². The minimum absolute atomic E-state index is 0.112. The summed E-state index contributed by atoms with van der Waals surface area (Å²) in [7, 11) is -4.00. The van der Waals surface area contributed by atoms with E-state index < -0.39 is 21.7 Å². The van der Waals surface area contributed by atoms with Gasteiger partial charge in [0.05, 0.1) is 17.1 Å². The Hall–Kier alpha value is -2.19. The Kier molecular flexibility index (Phi) is 3.60. The Bertz CT molecular complexity index is 763. The third-order valence-electron chi connectivity index (χ3n) is 2.59. The number of halogens is 2. The lowest BCUT2D eigenvalue weighted by molar-refractivity contribution is 0.512. The average Bonchev–Trinajstić information content (AvgIpc) is 2.36. The van der Waals surface area contributed by atoms with Gasteiger partial charge < -0.3 is 11.1 Å². The van der Waals surface area contributed by atoms with Crippen LogP contribution in [0.2, 0.25) is 0 Å². The minimum Gasteiger partial charge on any atom is -0.396 e. The molecule has 0 fully saturated rings. The van der Waals surface area contributed by atoms with Gasteiger partial charge in [-0.25, -0.2) is 22.3 Å². The molecule has 0 spiro atoms. The number of primary sulfonamides is 1. The molecule has 5 N–H and O–H groups in total. The maximum atomic E-state index is 13.5. The fourth-order valence-electron chi connectivity index (χ4n) is 1.65. The number of rotatable bonds is 3. The second kappa shape index (κ2) is 5.06. The van der Waals surface area contributed by atoms with Crippen LogP contribution >= 0.6 is 0 Å². The standard InChI is InChI=1S/C12H11F2N3O2S/c13-7-3-1-4-8(11(7)14)17-9-5-2-6-10(12(9)15)20(16,18)19/h1-6,17H,15H2,(H2,16,18,19). The molecule has 0 bridgehead atoms. The number of nitrogens with one attached hydrogen (secondary N) is 1. The van der Waals surface area contributed by atoms with Crippen molar-refractivity contribution in [3.8, 4) is 0 Å². The molecule has 20 heavy (non-hydrogen) atoms. The highest BCUT2D eigenvalue weighted by atomic mass is 32.2. The van der Waals surface area contributed by atoms with E-state index in [2.05, 4.69) is 5.32 Å². The number of nitrogens with two attached hydrogens (primary N) is 2. The monoisotopic (exact) mass is 299 g/mol. The third-order valence-corrected chi connectivity index (χ3v) is 3.56. The molecule has 0 heterocycles. The largest absolute Gasteiger partial charge is 0.396 e. The van der Waals surface area contributed by atoms with Gasteiger partial charge in [-0.1, -0.05) is 12.1 Å². The zero-order valence-electron chi connectivity index (χ0n) is 10.1. The van der Waals surface area contributed by atoms with Gasteiger partial charge in [-0.2, -0.15) is 0 Å². The fourth-order valence-corrected chi connectivity index (χ4v) is 2.33. The van der Waals surface area contributed by atoms with Crippen LogP contribution in [0.5, 0.6) is 0 Å². The molecule has 0 radical (unpaired) electrons.